The van der Waals surface area contributed by atoms with Crippen molar-refractivity contribution in [3.8, 4) is 0 Å². The Balaban J connectivity index is 2.16. The molecule has 0 bridgehead atoms. The molecular formula is C10H7BrClF2NO. The number of benzene rings is 1. The third-order valence-corrected chi connectivity index (χ3v) is 3.10. The first-order valence-electron chi connectivity index (χ1n) is 4.51. The Hall–Kier alpha value is -0.680. The summed E-state index contributed by atoms with van der Waals surface area (Å²) in [5.74, 6) is -3.21. The van der Waals surface area contributed by atoms with Gasteiger partial charge >= 0.3 is 0 Å². The molecule has 0 atom stereocenters. The fourth-order valence-corrected chi connectivity index (χ4v) is 2.24. The summed E-state index contributed by atoms with van der Waals surface area (Å²) >= 11 is 9.06. The zero-order valence-electron chi connectivity index (χ0n) is 8.01. The van der Waals surface area contributed by atoms with Crippen molar-refractivity contribution in [2.45, 2.75) is 5.92 Å². The highest BCUT2D eigenvalue weighted by atomic mass is 79.9. The molecule has 6 heteroatoms. The van der Waals surface area contributed by atoms with Gasteiger partial charge in [0.05, 0.1) is 23.7 Å². The molecular weight excluding hydrogens is 303 g/mol. The lowest BCUT2D eigenvalue weighted by Gasteiger charge is -2.38. The van der Waals surface area contributed by atoms with Gasteiger partial charge in [-0.05, 0) is 18.2 Å². The number of alkyl halides is 2. The minimum atomic E-state index is -2.75. The van der Waals surface area contributed by atoms with Crippen LogP contribution in [0, 0.1) is 0 Å². The highest BCUT2D eigenvalue weighted by molar-refractivity contribution is 9.10. The third-order valence-electron chi connectivity index (χ3n) is 2.29. The molecule has 1 saturated heterocycles. The lowest BCUT2D eigenvalue weighted by Crippen LogP contribution is -2.58. The van der Waals surface area contributed by atoms with Gasteiger partial charge in [0.1, 0.15) is 0 Å². The maximum Gasteiger partial charge on any atom is 0.282 e. The highest BCUT2D eigenvalue weighted by Gasteiger charge is 2.46. The first kappa shape index (κ1) is 11.8. The summed E-state index contributed by atoms with van der Waals surface area (Å²) < 4.78 is 25.9. The third kappa shape index (κ3) is 2.20. The molecule has 1 aliphatic rings. The van der Waals surface area contributed by atoms with Gasteiger partial charge in [-0.3, -0.25) is 4.79 Å². The molecule has 1 fully saturated rings. The van der Waals surface area contributed by atoms with E-state index in [0.717, 1.165) is 9.37 Å². The zero-order chi connectivity index (χ0) is 11.9. The van der Waals surface area contributed by atoms with E-state index in [1.165, 1.54) is 6.07 Å². The molecule has 0 radical (unpaired) electrons. The van der Waals surface area contributed by atoms with Crippen molar-refractivity contribution in [1.29, 1.82) is 0 Å². The van der Waals surface area contributed by atoms with Crippen LogP contribution in [0.2, 0.25) is 5.02 Å². The summed E-state index contributed by atoms with van der Waals surface area (Å²) in [5, 5.41) is 0.259. The van der Waals surface area contributed by atoms with Crippen molar-refractivity contribution in [3.05, 3.63) is 33.3 Å². The van der Waals surface area contributed by atoms with Gasteiger partial charge in [-0.1, -0.05) is 27.5 Å². The van der Waals surface area contributed by atoms with Crippen LogP contribution < -0.4 is 0 Å². The summed E-state index contributed by atoms with van der Waals surface area (Å²) in [6.07, 6.45) is 0. The molecule has 0 aromatic heterocycles. The normalized spacial score (nSPS) is 18.1. The lowest BCUT2D eigenvalue weighted by atomic mass is 10.1. The lowest BCUT2D eigenvalue weighted by molar-refractivity contribution is -0.113. The van der Waals surface area contributed by atoms with E-state index in [1.807, 2.05) is 0 Å². The number of rotatable bonds is 1. The Morgan fingerprint density at radius 2 is 2.06 bits per heavy atom. The second-order valence-electron chi connectivity index (χ2n) is 3.64. The van der Waals surface area contributed by atoms with Gasteiger partial charge in [0.25, 0.3) is 11.8 Å². The molecule has 1 aliphatic heterocycles. The van der Waals surface area contributed by atoms with Gasteiger partial charge in [0, 0.05) is 4.47 Å². The summed E-state index contributed by atoms with van der Waals surface area (Å²) in [6, 6.07) is 4.73. The Labute approximate surface area is 104 Å². The molecule has 0 unspecified atom stereocenters. The fourth-order valence-electron chi connectivity index (χ4n) is 1.49. The monoisotopic (exact) mass is 309 g/mol. The predicted octanol–water partition coefficient (Wildman–Crippen LogP) is 3.19. The van der Waals surface area contributed by atoms with Crippen molar-refractivity contribution >= 4 is 33.4 Å². The van der Waals surface area contributed by atoms with E-state index < -0.39 is 24.9 Å². The van der Waals surface area contributed by atoms with Gasteiger partial charge in [0.15, 0.2) is 0 Å². The molecule has 0 N–H and O–H groups in total. The minimum absolute atomic E-state index is 0.250. The number of likely N-dealkylation sites (tertiary alicyclic amines) is 1. The molecule has 1 aromatic carbocycles. The highest BCUT2D eigenvalue weighted by Crippen LogP contribution is 2.30. The molecule has 86 valence electrons. The number of carbonyl (C=O) groups is 1. The second kappa shape index (κ2) is 3.96. The van der Waals surface area contributed by atoms with Gasteiger partial charge < -0.3 is 4.90 Å². The molecule has 0 aliphatic carbocycles. The number of nitrogens with zero attached hydrogens (tertiary/aromatic N) is 1. The van der Waals surface area contributed by atoms with Crippen LogP contribution in [-0.2, 0) is 0 Å². The smallest absolute Gasteiger partial charge is 0.282 e. The van der Waals surface area contributed by atoms with E-state index in [2.05, 4.69) is 15.9 Å². The molecule has 1 amide bonds. The van der Waals surface area contributed by atoms with Crippen LogP contribution >= 0.6 is 27.5 Å². The van der Waals surface area contributed by atoms with Crippen LogP contribution in [0.25, 0.3) is 0 Å². The van der Waals surface area contributed by atoms with E-state index in [4.69, 9.17) is 11.6 Å². The summed E-state index contributed by atoms with van der Waals surface area (Å²) in [7, 11) is 0. The molecule has 2 rings (SSSR count). The molecule has 1 aromatic rings. The number of amides is 1. The van der Waals surface area contributed by atoms with E-state index in [9.17, 15) is 13.6 Å². The number of carbonyl (C=O) groups excluding carboxylic acids is 1. The van der Waals surface area contributed by atoms with Gasteiger partial charge in [-0.15, -0.1) is 0 Å². The number of halogens is 4. The van der Waals surface area contributed by atoms with E-state index in [-0.39, 0.29) is 10.6 Å². The Morgan fingerprint density at radius 3 is 2.56 bits per heavy atom. The molecule has 16 heavy (non-hydrogen) atoms. The number of hydrogen-bond donors (Lipinski definition) is 0. The molecule has 0 saturated carbocycles. The standard InChI is InChI=1S/C10H7BrClF2NO/c11-6-1-2-7(8(12)3-6)9(16)15-4-10(13,14)5-15/h1-3H,4-5H2. The molecule has 1 heterocycles. The Bertz CT molecular complexity index is 444. The second-order valence-corrected chi connectivity index (χ2v) is 4.96. The summed E-state index contributed by atoms with van der Waals surface area (Å²) in [4.78, 5) is 12.8. The van der Waals surface area contributed by atoms with Crippen molar-refractivity contribution in [2.24, 2.45) is 0 Å². The van der Waals surface area contributed by atoms with Crippen LogP contribution in [0.1, 0.15) is 10.4 Å². The summed E-state index contributed by atoms with van der Waals surface area (Å²) in [6.45, 7) is -1.06. The maximum atomic E-state index is 12.6. The van der Waals surface area contributed by atoms with Crippen molar-refractivity contribution in [1.82, 2.24) is 4.90 Å². The summed E-state index contributed by atoms with van der Waals surface area (Å²) in [5.41, 5.74) is 0.250. The van der Waals surface area contributed by atoms with Crippen molar-refractivity contribution in [2.75, 3.05) is 13.1 Å². The number of hydrogen-bond acceptors (Lipinski definition) is 1. The average Bonchev–Trinajstić information content (AvgIpc) is 2.13. The van der Waals surface area contributed by atoms with E-state index >= 15 is 0 Å². The van der Waals surface area contributed by atoms with Crippen LogP contribution in [0.5, 0.6) is 0 Å². The SMILES string of the molecule is O=C(c1ccc(Br)cc1Cl)N1CC(F)(F)C1. The van der Waals surface area contributed by atoms with Gasteiger partial charge in [-0.2, -0.15) is 0 Å². The topological polar surface area (TPSA) is 20.3 Å². The van der Waals surface area contributed by atoms with Crippen LogP contribution in [0.4, 0.5) is 8.78 Å². The largest absolute Gasteiger partial charge is 0.326 e. The van der Waals surface area contributed by atoms with E-state index in [1.54, 1.807) is 12.1 Å². The Morgan fingerprint density at radius 1 is 1.44 bits per heavy atom. The van der Waals surface area contributed by atoms with Crippen LogP contribution in [-0.4, -0.2) is 29.8 Å². The first-order valence-corrected chi connectivity index (χ1v) is 5.68. The maximum absolute atomic E-state index is 12.6. The Kier molecular flexibility index (Phi) is 2.92. The average molecular weight is 311 g/mol. The van der Waals surface area contributed by atoms with Gasteiger partial charge in [0.2, 0.25) is 0 Å². The minimum Gasteiger partial charge on any atom is -0.326 e. The fraction of sp³-hybridized carbons (Fsp3) is 0.300. The quantitative estimate of drug-likeness (QED) is 0.780. The van der Waals surface area contributed by atoms with Gasteiger partial charge in [-0.25, -0.2) is 8.78 Å². The van der Waals surface area contributed by atoms with Crippen LogP contribution in [0.3, 0.4) is 0 Å². The van der Waals surface area contributed by atoms with Crippen LogP contribution in [0.15, 0.2) is 22.7 Å². The predicted molar refractivity (Wildman–Crippen MR) is 60.0 cm³/mol. The molecule has 0 spiro atoms. The van der Waals surface area contributed by atoms with E-state index in [0.29, 0.717) is 0 Å². The zero-order valence-corrected chi connectivity index (χ0v) is 10.4. The van der Waals surface area contributed by atoms with Crippen molar-refractivity contribution < 1.29 is 13.6 Å². The molecule has 2 nitrogen and oxygen atoms in total. The first-order chi connectivity index (χ1) is 7.39. The van der Waals surface area contributed by atoms with Crippen molar-refractivity contribution in [3.63, 3.8) is 0 Å².